The van der Waals surface area contributed by atoms with E-state index in [-0.39, 0.29) is 28.1 Å². The van der Waals surface area contributed by atoms with Crippen LogP contribution in [0.5, 0.6) is 5.75 Å². The van der Waals surface area contributed by atoms with Crippen LogP contribution in [0.3, 0.4) is 0 Å². The number of amides is 2. The van der Waals surface area contributed by atoms with Crippen LogP contribution in [0.25, 0.3) is 0 Å². The molecule has 142 valence electrons. The highest BCUT2D eigenvalue weighted by molar-refractivity contribution is 6.43. The van der Waals surface area contributed by atoms with Crippen molar-refractivity contribution in [3.05, 3.63) is 62.1 Å². The van der Waals surface area contributed by atoms with Crippen LogP contribution in [-0.2, 0) is 4.79 Å². The van der Waals surface area contributed by atoms with Crippen molar-refractivity contribution >= 4 is 46.4 Å². The molecule has 27 heavy (non-hydrogen) atoms. The van der Waals surface area contributed by atoms with Crippen LogP contribution in [-0.4, -0.2) is 42.3 Å². The lowest BCUT2D eigenvalue weighted by molar-refractivity contribution is -0.384. The minimum Gasteiger partial charge on any atom is -0.484 e. The van der Waals surface area contributed by atoms with Gasteiger partial charge in [-0.25, -0.2) is 0 Å². The van der Waals surface area contributed by atoms with Gasteiger partial charge in [0.05, 0.1) is 9.95 Å². The zero-order chi connectivity index (χ0) is 20.1. The van der Waals surface area contributed by atoms with Crippen molar-refractivity contribution in [2.24, 2.45) is 0 Å². The van der Waals surface area contributed by atoms with E-state index in [1.165, 1.54) is 11.0 Å². The first-order valence-corrected chi connectivity index (χ1v) is 8.32. The molecule has 8 nitrogen and oxygen atoms in total. The van der Waals surface area contributed by atoms with Crippen LogP contribution < -0.4 is 10.1 Å². The second-order valence-electron chi connectivity index (χ2n) is 5.60. The molecule has 0 aliphatic carbocycles. The Bertz CT molecular complexity index is 885. The van der Waals surface area contributed by atoms with Crippen molar-refractivity contribution in [2.75, 3.05) is 26.0 Å². The third kappa shape index (κ3) is 5.32. The highest BCUT2D eigenvalue weighted by atomic mass is 35.5. The minimum atomic E-state index is -0.716. The molecule has 0 heterocycles. The number of carbonyl (C=O) groups is 2. The third-order valence-electron chi connectivity index (χ3n) is 3.44. The molecule has 0 bridgehead atoms. The predicted octanol–water partition coefficient (Wildman–Crippen LogP) is 3.62. The summed E-state index contributed by atoms with van der Waals surface area (Å²) in [5.41, 5.74) is -0.0309. The molecule has 0 radical (unpaired) electrons. The highest BCUT2D eigenvalue weighted by Gasteiger charge is 2.20. The van der Waals surface area contributed by atoms with Gasteiger partial charge in [-0.05, 0) is 30.3 Å². The number of carbonyl (C=O) groups excluding carboxylic acids is 2. The number of nitro groups is 1. The van der Waals surface area contributed by atoms with Crippen LogP contribution in [0.1, 0.15) is 10.4 Å². The first-order chi connectivity index (χ1) is 12.7. The number of benzene rings is 2. The smallest absolute Gasteiger partial charge is 0.290 e. The van der Waals surface area contributed by atoms with Gasteiger partial charge in [0.1, 0.15) is 10.8 Å². The number of rotatable bonds is 6. The summed E-state index contributed by atoms with van der Waals surface area (Å²) in [7, 11) is 3.25. The largest absolute Gasteiger partial charge is 0.484 e. The van der Waals surface area contributed by atoms with Crippen molar-refractivity contribution in [1.29, 1.82) is 0 Å². The van der Waals surface area contributed by atoms with E-state index in [1.54, 1.807) is 38.4 Å². The van der Waals surface area contributed by atoms with Gasteiger partial charge >= 0.3 is 0 Å². The lowest BCUT2D eigenvalue weighted by Crippen LogP contribution is -2.27. The molecule has 0 aliphatic heterocycles. The molecule has 0 aliphatic rings. The molecular weight excluding hydrogens is 397 g/mol. The molecule has 2 amide bonds. The van der Waals surface area contributed by atoms with Crippen LogP contribution in [0, 0.1) is 10.1 Å². The molecule has 0 atom stereocenters. The number of nitrogens with one attached hydrogen (secondary N) is 1. The maximum atomic E-state index is 12.3. The fourth-order valence-electron chi connectivity index (χ4n) is 1.95. The number of nitrogens with zero attached hydrogens (tertiary/aromatic N) is 2. The topological polar surface area (TPSA) is 102 Å². The number of anilines is 1. The molecule has 0 saturated heterocycles. The second kappa shape index (κ2) is 8.70. The Balaban J connectivity index is 2.08. The Kier molecular flexibility index (Phi) is 6.59. The average molecular weight is 412 g/mol. The van der Waals surface area contributed by atoms with E-state index in [4.69, 9.17) is 27.9 Å². The molecule has 2 aromatic carbocycles. The van der Waals surface area contributed by atoms with Crippen molar-refractivity contribution in [3.63, 3.8) is 0 Å². The van der Waals surface area contributed by atoms with Gasteiger partial charge in [-0.3, -0.25) is 19.7 Å². The maximum Gasteiger partial charge on any atom is 0.290 e. The molecule has 10 heteroatoms. The highest BCUT2D eigenvalue weighted by Crippen LogP contribution is 2.33. The van der Waals surface area contributed by atoms with Gasteiger partial charge in [-0.15, -0.1) is 0 Å². The normalized spacial score (nSPS) is 10.2. The van der Waals surface area contributed by atoms with Gasteiger partial charge in [0, 0.05) is 31.4 Å². The van der Waals surface area contributed by atoms with Crippen LogP contribution in [0.15, 0.2) is 36.4 Å². The van der Waals surface area contributed by atoms with Gasteiger partial charge in [-0.1, -0.05) is 23.2 Å². The number of halogens is 2. The van der Waals surface area contributed by atoms with Gasteiger partial charge in [0.25, 0.3) is 17.5 Å². The summed E-state index contributed by atoms with van der Waals surface area (Å²) in [5.74, 6) is -0.324. The molecule has 0 unspecified atom stereocenters. The summed E-state index contributed by atoms with van der Waals surface area (Å²) in [6.07, 6.45) is 0. The van der Waals surface area contributed by atoms with E-state index in [0.29, 0.717) is 11.4 Å². The zero-order valence-corrected chi connectivity index (χ0v) is 15.9. The SMILES string of the molecule is CN(C)C(=O)COc1ccc(NC(=O)c2cc(Cl)c(Cl)c([N+](=O)[O-])c2)cc1. The van der Waals surface area contributed by atoms with Crippen LogP contribution in [0.2, 0.25) is 10.0 Å². The summed E-state index contributed by atoms with van der Waals surface area (Å²) in [6.45, 7) is -0.106. The first-order valence-electron chi connectivity index (χ1n) is 7.57. The van der Waals surface area contributed by atoms with Gasteiger partial charge in [0.2, 0.25) is 0 Å². The summed E-state index contributed by atoms with van der Waals surface area (Å²) >= 11 is 11.6. The molecule has 0 saturated carbocycles. The molecule has 0 fully saturated rings. The van der Waals surface area contributed by atoms with E-state index in [1.807, 2.05) is 0 Å². The molecule has 2 rings (SSSR count). The lowest BCUT2D eigenvalue weighted by Gasteiger charge is -2.12. The van der Waals surface area contributed by atoms with Crippen molar-refractivity contribution in [3.8, 4) is 5.75 Å². The Hall–Kier alpha value is -2.84. The number of hydrogen-bond donors (Lipinski definition) is 1. The number of nitro benzene ring substituents is 1. The summed E-state index contributed by atoms with van der Waals surface area (Å²) in [6, 6.07) is 8.59. The van der Waals surface area contributed by atoms with E-state index < -0.39 is 16.5 Å². The molecule has 2 aromatic rings. The molecule has 1 N–H and O–H groups in total. The standard InChI is InChI=1S/C17H15Cl2N3O5/c1-21(2)15(23)9-27-12-5-3-11(4-6-12)20-17(24)10-7-13(18)16(19)14(8-10)22(25)26/h3-8H,9H2,1-2H3,(H,20,24). The Morgan fingerprint density at radius 1 is 1.19 bits per heavy atom. The first kappa shape index (κ1) is 20.5. The molecule has 0 aromatic heterocycles. The fraction of sp³-hybridized carbons (Fsp3) is 0.176. The quantitative estimate of drug-likeness (QED) is 0.577. The lowest BCUT2D eigenvalue weighted by atomic mass is 10.2. The monoisotopic (exact) mass is 411 g/mol. The Morgan fingerprint density at radius 2 is 1.81 bits per heavy atom. The number of ether oxygens (including phenoxy) is 1. The van der Waals surface area contributed by atoms with E-state index >= 15 is 0 Å². The summed E-state index contributed by atoms with van der Waals surface area (Å²) in [4.78, 5) is 35.5. The number of likely N-dealkylation sites (N-methyl/N-ethyl adjacent to an activating group) is 1. The summed E-state index contributed by atoms with van der Waals surface area (Å²) < 4.78 is 5.33. The number of hydrogen-bond acceptors (Lipinski definition) is 5. The third-order valence-corrected chi connectivity index (χ3v) is 4.23. The molecular formula is C17H15Cl2N3O5. The van der Waals surface area contributed by atoms with Crippen molar-refractivity contribution in [1.82, 2.24) is 4.90 Å². The molecule has 0 spiro atoms. The van der Waals surface area contributed by atoms with E-state index in [9.17, 15) is 19.7 Å². The Morgan fingerprint density at radius 3 is 2.37 bits per heavy atom. The average Bonchev–Trinajstić information content (AvgIpc) is 2.62. The van der Waals surface area contributed by atoms with Crippen LogP contribution in [0.4, 0.5) is 11.4 Å². The van der Waals surface area contributed by atoms with E-state index in [0.717, 1.165) is 6.07 Å². The van der Waals surface area contributed by atoms with E-state index in [2.05, 4.69) is 5.32 Å². The van der Waals surface area contributed by atoms with Crippen molar-refractivity contribution < 1.29 is 19.2 Å². The summed E-state index contributed by atoms with van der Waals surface area (Å²) in [5, 5.41) is 13.3. The predicted molar refractivity (Wildman–Crippen MR) is 102 cm³/mol. The fourth-order valence-corrected chi connectivity index (χ4v) is 2.34. The minimum absolute atomic E-state index is 0.00648. The van der Waals surface area contributed by atoms with Crippen LogP contribution >= 0.6 is 23.2 Å². The Labute approximate surface area is 164 Å². The van der Waals surface area contributed by atoms with Gasteiger partial charge < -0.3 is 15.0 Å². The zero-order valence-electron chi connectivity index (χ0n) is 14.4. The maximum absolute atomic E-state index is 12.3. The van der Waals surface area contributed by atoms with Gasteiger partial charge in [0.15, 0.2) is 6.61 Å². The second-order valence-corrected chi connectivity index (χ2v) is 6.39. The van der Waals surface area contributed by atoms with Gasteiger partial charge in [-0.2, -0.15) is 0 Å². The van der Waals surface area contributed by atoms with Crippen molar-refractivity contribution in [2.45, 2.75) is 0 Å².